The fourth-order valence-electron chi connectivity index (χ4n) is 0.753. The molecule has 0 aliphatic carbocycles. The van der Waals surface area contributed by atoms with Crippen molar-refractivity contribution in [3.63, 3.8) is 0 Å². The van der Waals surface area contributed by atoms with E-state index in [0.717, 1.165) is 0 Å². The molecule has 1 aromatic carbocycles. The predicted octanol–water partition coefficient (Wildman–Crippen LogP) is 3.05. The standard InChI is InChI=1S/C7H5F2N3/c8-7(9,11-12-10)6-4-2-1-3-5-6/h1-5H. The van der Waals surface area contributed by atoms with Gasteiger partial charge in [0.25, 0.3) is 0 Å². The number of benzene rings is 1. The van der Waals surface area contributed by atoms with Crippen molar-refractivity contribution in [2.75, 3.05) is 0 Å². The zero-order valence-electron chi connectivity index (χ0n) is 5.98. The Morgan fingerprint density at radius 1 is 1.25 bits per heavy atom. The zero-order valence-corrected chi connectivity index (χ0v) is 5.98. The van der Waals surface area contributed by atoms with Crippen LogP contribution in [0.2, 0.25) is 0 Å². The molecule has 0 saturated carbocycles. The Morgan fingerprint density at radius 2 is 1.83 bits per heavy atom. The monoisotopic (exact) mass is 169 g/mol. The highest BCUT2D eigenvalue weighted by Crippen LogP contribution is 2.28. The molecule has 0 saturated heterocycles. The summed E-state index contributed by atoms with van der Waals surface area (Å²) in [6.07, 6.45) is 0. The lowest BCUT2D eigenvalue weighted by Gasteiger charge is -2.08. The van der Waals surface area contributed by atoms with E-state index in [1.54, 1.807) is 6.07 Å². The molecular weight excluding hydrogens is 164 g/mol. The molecular formula is C7H5F2N3. The van der Waals surface area contributed by atoms with Crippen LogP contribution in [0, 0.1) is 0 Å². The van der Waals surface area contributed by atoms with Crippen molar-refractivity contribution in [2.24, 2.45) is 5.11 Å². The van der Waals surface area contributed by atoms with Crippen molar-refractivity contribution >= 4 is 0 Å². The van der Waals surface area contributed by atoms with Crippen molar-refractivity contribution in [1.29, 1.82) is 0 Å². The largest absolute Gasteiger partial charge is 0.351 e. The van der Waals surface area contributed by atoms with Gasteiger partial charge in [-0.15, -0.1) is 0 Å². The third-order valence-corrected chi connectivity index (χ3v) is 1.29. The van der Waals surface area contributed by atoms with Crippen molar-refractivity contribution in [2.45, 2.75) is 6.05 Å². The maximum atomic E-state index is 12.7. The van der Waals surface area contributed by atoms with Crippen molar-refractivity contribution in [3.8, 4) is 0 Å². The molecule has 0 atom stereocenters. The second kappa shape index (κ2) is 3.19. The van der Waals surface area contributed by atoms with Crippen LogP contribution in [0.5, 0.6) is 0 Å². The molecule has 0 bridgehead atoms. The summed E-state index contributed by atoms with van der Waals surface area (Å²) in [5.41, 5.74) is 7.54. The minimum absolute atomic E-state index is 0.303. The van der Waals surface area contributed by atoms with Gasteiger partial charge in [0, 0.05) is 10.5 Å². The van der Waals surface area contributed by atoms with Crippen LogP contribution >= 0.6 is 0 Å². The first kappa shape index (κ1) is 8.49. The third kappa shape index (κ3) is 1.71. The van der Waals surface area contributed by atoms with Crippen LogP contribution in [0.4, 0.5) is 8.78 Å². The Hall–Kier alpha value is -1.61. The lowest BCUT2D eigenvalue weighted by Crippen LogP contribution is -2.07. The summed E-state index contributed by atoms with van der Waals surface area (Å²) in [5, 5.41) is 2.37. The van der Waals surface area contributed by atoms with Gasteiger partial charge in [-0.05, 0) is 10.6 Å². The molecule has 0 radical (unpaired) electrons. The minimum atomic E-state index is -3.45. The van der Waals surface area contributed by atoms with E-state index >= 15 is 0 Å². The lowest BCUT2D eigenvalue weighted by molar-refractivity contribution is 0.00360. The van der Waals surface area contributed by atoms with Gasteiger partial charge in [0.15, 0.2) is 0 Å². The summed E-state index contributed by atoms with van der Waals surface area (Å²) in [7, 11) is 0. The van der Waals surface area contributed by atoms with E-state index in [4.69, 9.17) is 5.53 Å². The molecule has 0 aromatic heterocycles. The molecule has 1 rings (SSSR count). The minimum Gasteiger partial charge on any atom is -0.195 e. The summed E-state index contributed by atoms with van der Waals surface area (Å²) in [4.78, 5) is 2.06. The molecule has 3 nitrogen and oxygen atoms in total. The van der Waals surface area contributed by atoms with Crippen molar-refractivity contribution in [3.05, 3.63) is 46.3 Å². The Kier molecular flexibility index (Phi) is 2.26. The van der Waals surface area contributed by atoms with E-state index in [1.165, 1.54) is 24.3 Å². The van der Waals surface area contributed by atoms with Crippen LogP contribution < -0.4 is 0 Å². The van der Waals surface area contributed by atoms with E-state index in [9.17, 15) is 8.78 Å². The van der Waals surface area contributed by atoms with Crippen molar-refractivity contribution in [1.82, 2.24) is 0 Å². The van der Waals surface area contributed by atoms with E-state index in [1.807, 2.05) is 0 Å². The van der Waals surface area contributed by atoms with Gasteiger partial charge < -0.3 is 0 Å². The molecule has 0 amide bonds. The molecule has 5 heteroatoms. The van der Waals surface area contributed by atoms with Gasteiger partial charge >= 0.3 is 6.05 Å². The van der Waals surface area contributed by atoms with Crippen LogP contribution in [-0.2, 0) is 6.05 Å². The highest BCUT2D eigenvalue weighted by Gasteiger charge is 2.29. The predicted molar refractivity (Wildman–Crippen MR) is 39.5 cm³/mol. The highest BCUT2D eigenvalue weighted by molar-refractivity contribution is 5.19. The number of hydrogen-bond donors (Lipinski definition) is 0. The second-order valence-electron chi connectivity index (χ2n) is 2.10. The molecule has 0 spiro atoms. The normalized spacial score (nSPS) is 10.5. The van der Waals surface area contributed by atoms with E-state index in [-0.39, 0.29) is 5.56 Å². The van der Waals surface area contributed by atoms with E-state index in [0.29, 0.717) is 0 Å². The second-order valence-corrected chi connectivity index (χ2v) is 2.10. The van der Waals surface area contributed by atoms with Crippen LogP contribution in [-0.4, -0.2) is 0 Å². The van der Waals surface area contributed by atoms with Gasteiger partial charge in [-0.25, -0.2) is 0 Å². The van der Waals surface area contributed by atoms with Crippen LogP contribution in [0.1, 0.15) is 5.56 Å². The van der Waals surface area contributed by atoms with Gasteiger partial charge in [-0.3, -0.25) is 0 Å². The Balaban J connectivity index is 3.05. The van der Waals surface area contributed by atoms with E-state index < -0.39 is 6.05 Å². The maximum Gasteiger partial charge on any atom is 0.351 e. The van der Waals surface area contributed by atoms with Gasteiger partial charge in [-0.2, -0.15) is 8.78 Å². The first-order valence-electron chi connectivity index (χ1n) is 3.16. The van der Waals surface area contributed by atoms with Crippen LogP contribution in [0.25, 0.3) is 10.4 Å². The number of nitrogens with zero attached hydrogens (tertiary/aromatic N) is 3. The fraction of sp³-hybridized carbons (Fsp3) is 0.143. The summed E-state index contributed by atoms with van der Waals surface area (Å²) in [5.74, 6) is 0. The van der Waals surface area contributed by atoms with Gasteiger partial charge in [-0.1, -0.05) is 30.3 Å². The molecule has 0 fully saturated rings. The Labute approximate surface area is 67.3 Å². The Morgan fingerprint density at radius 3 is 2.33 bits per heavy atom. The lowest BCUT2D eigenvalue weighted by atomic mass is 10.2. The van der Waals surface area contributed by atoms with Gasteiger partial charge in [0.05, 0.1) is 0 Å². The van der Waals surface area contributed by atoms with Crippen LogP contribution in [0.15, 0.2) is 35.4 Å². The van der Waals surface area contributed by atoms with Gasteiger partial charge in [0.1, 0.15) is 0 Å². The molecule has 0 aliphatic rings. The SMILES string of the molecule is [N-]=[N+]=NC(F)(F)c1ccccc1. The number of rotatable bonds is 2. The van der Waals surface area contributed by atoms with Crippen molar-refractivity contribution < 1.29 is 8.78 Å². The number of alkyl halides is 2. The summed E-state index contributed by atoms with van der Waals surface area (Å²) in [6, 6.07) is 3.47. The average molecular weight is 169 g/mol. The highest BCUT2D eigenvalue weighted by atomic mass is 19.3. The molecule has 0 unspecified atom stereocenters. The number of hydrogen-bond acceptors (Lipinski definition) is 1. The number of halogens is 2. The summed E-state index contributed by atoms with van der Waals surface area (Å²) >= 11 is 0. The molecule has 12 heavy (non-hydrogen) atoms. The number of azide groups is 1. The Bertz CT molecular complexity index is 304. The smallest absolute Gasteiger partial charge is 0.195 e. The molecule has 0 aliphatic heterocycles. The molecule has 62 valence electrons. The fourth-order valence-corrected chi connectivity index (χ4v) is 0.753. The molecule has 1 aromatic rings. The maximum absolute atomic E-state index is 12.7. The third-order valence-electron chi connectivity index (χ3n) is 1.29. The first-order chi connectivity index (χ1) is 5.67. The molecule has 0 heterocycles. The quantitative estimate of drug-likeness (QED) is 0.283. The summed E-state index contributed by atoms with van der Waals surface area (Å²) in [6.45, 7) is 0. The summed E-state index contributed by atoms with van der Waals surface area (Å²) < 4.78 is 25.5. The first-order valence-corrected chi connectivity index (χ1v) is 3.16. The molecule has 0 N–H and O–H groups in total. The van der Waals surface area contributed by atoms with Crippen LogP contribution in [0.3, 0.4) is 0 Å². The topological polar surface area (TPSA) is 48.8 Å². The average Bonchev–Trinajstić information content (AvgIpc) is 2.06. The van der Waals surface area contributed by atoms with Gasteiger partial charge in [0.2, 0.25) is 0 Å². The zero-order chi connectivity index (χ0) is 9.03. The van der Waals surface area contributed by atoms with E-state index in [2.05, 4.69) is 10.0 Å².